The molecule has 64 valence electrons. The van der Waals surface area contributed by atoms with Gasteiger partial charge in [0.2, 0.25) is 0 Å². The summed E-state index contributed by atoms with van der Waals surface area (Å²) in [4.78, 5) is 0. The van der Waals surface area contributed by atoms with E-state index in [1.807, 2.05) is 34.6 Å². The number of rotatable bonds is 1. The molecule has 0 aliphatic heterocycles. The zero-order chi connectivity index (χ0) is 9.12. The molecule has 0 saturated carbocycles. The van der Waals surface area contributed by atoms with Crippen LogP contribution in [0.25, 0.3) is 0 Å². The monoisotopic (exact) mass is 170 g/mol. The maximum atomic E-state index is 5.71. The molecule has 0 spiro atoms. The van der Waals surface area contributed by atoms with E-state index >= 15 is 0 Å². The minimum absolute atomic E-state index is 0.102. The maximum absolute atomic E-state index is 5.71. The van der Waals surface area contributed by atoms with E-state index in [-0.39, 0.29) is 11.2 Å². The van der Waals surface area contributed by atoms with Gasteiger partial charge >= 0.3 is 0 Å². The third kappa shape index (κ3) is 6.15. The Morgan fingerprint density at radius 1 is 1.09 bits per heavy atom. The van der Waals surface area contributed by atoms with Crippen LogP contribution >= 0.6 is 0 Å². The molecule has 0 aliphatic carbocycles. The Bertz CT molecular complexity index is 178. The maximum Gasteiger partial charge on any atom is 0.123 e. The lowest BCUT2D eigenvalue weighted by Crippen LogP contribution is -2.33. The van der Waals surface area contributed by atoms with Crippen LogP contribution in [0.3, 0.4) is 0 Å². The lowest BCUT2D eigenvalue weighted by Gasteiger charge is -2.29. The summed E-state index contributed by atoms with van der Waals surface area (Å²) in [5, 5.41) is 0. The summed E-state index contributed by atoms with van der Waals surface area (Å²) in [6.45, 7) is 10.1. The van der Waals surface area contributed by atoms with Gasteiger partial charge in [-0.2, -0.15) is 0 Å². The Morgan fingerprint density at radius 3 is 1.82 bits per heavy atom. The predicted octanol–water partition coefficient (Wildman–Crippen LogP) is 0.906. The van der Waals surface area contributed by atoms with Gasteiger partial charge in [-0.15, -0.1) is 5.54 Å². The fourth-order valence-electron chi connectivity index (χ4n) is 1.09. The van der Waals surface area contributed by atoms with E-state index in [1.165, 1.54) is 0 Å². The van der Waals surface area contributed by atoms with E-state index in [9.17, 15) is 0 Å². The largest absolute Gasteiger partial charge is 0.357 e. The quantitative estimate of drug-likeness (QED) is 0.420. The SMILES string of the molecule is CC(C)(C)OC(C)(C)C#C[SiH3]. The van der Waals surface area contributed by atoms with Gasteiger partial charge in [0.1, 0.15) is 5.60 Å². The Balaban J connectivity index is 4.21. The van der Waals surface area contributed by atoms with Crippen LogP contribution in [0.2, 0.25) is 0 Å². The molecule has 0 N–H and O–H groups in total. The molecular formula is C9H18OSi. The second-order valence-corrected chi connectivity index (χ2v) is 4.60. The summed E-state index contributed by atoms with van der Waals surface area (Å²) in [6.07, 6.45) is 0. The summed E-state index contributed by atoms with van der Waals surface area (Å²) in [5.41, 5.74) is 2.60. The highest BCUT2D eigenvalue weighted by atomic mass is 28.1. The van der Waals surface area contributed by atoms with Crippen molar-refractivity contribution in [1.82, 2.24) is 0 Å². The summed E-state index contributed by atoms with van der Waals surface area (Å²) >= 11 is 0. The van der Waals surface area contributed by atoms with Crippen LogP contribution in [0.4, 0.5) is 0 Å². The zero-order valence-electron chi connectivity index (χ0n) is 8.41. The van der Waals surface area contributed by atoms with Crippen molar-refractivity contribution in [3.63, 3.8) is 0 Å². The molecule has 0 rings (SSSR count). The van der Waals surface area contributed by atoms with E-state index in [1.54, 1.807) is 0 Å². The van der Waals surface area contributed by atoms with Crippen molar-refractivity contribution >= 4 is 10.2 Å². The highest BCUT2D eigenvalue weighted by molar-refractivity contribution is 6.22. The second-order valence-electron chi connectivity index (χ2n) is 4.10. The number of ether oxygens (including phenoxy) is 1. The van der Waals surface area contributed by atoms with Gasteiger partial charge in [-0.3, -0.25) is 0 Å². The first-order valence-electron chi connectivity index (χ1n) is 3.91. The molecule has 0 heterocycles. The summed E-state index contributed by atoms with van der Waals surface area (Å²) in [6, 6.07) is 0. The van der Waals surface area contributed by atoms with E-state index in [2.05, 4.69) is 11.5 Å². The minimum Gasteiger partial charge on any atom is -0.357 e. The molecule has 2 heteroatoms. The molecule has 0 radical (unpaired) electrons. The Kier molecular flexibility index (Phi) is 3.34. The van der Waals surface area contributed by atoms with Gasteiger partial charge in [-0.25, -0.2) is 0 Å². The zero-order valence-corrected chi connectivity index (χ0v) is 10.4. The molecule has 0 aliphatic rings. The molecule has 0 saturated heterocycles. The van der Waals surface area contributed by atoms with Crippen molar-refractivity contribution in [2.75, 3.05) is 0 Å². The van der Waals surface area contributed by atoms with Crippen molar-refractivity contribution in [2.24, 2.45) is 0 Å². The molecular weight excluding hydrogens is 152 g/mol. The predicted molar refractivity (Wildman–Crippen MR) is 52.6 cm³/mol. The molecule has 0 fully saturated rings. The van der Waals surface area contributed by atoms with Crippen LogP contribution in [0.15, 0.2) is 0 Å². The lowest BCUT2D eigenvalue weighted by molar-refractivity contribution is -0.0801. The van der Waals surface area contributed by atoms with E-state index in [0.717, 1.165) is 10.2 Å². The van der Waals surface area contributed by atoms with Crippen molar-refractivity contribution in [3.8, 4) is 11.5 Å². The van der Waals surface area contributed by atoms with Gasteiger partial charge in [0.15, 0.2) is 0 Å². The normalized spacial score (nSPS) is 12.5. The van der Waals surface area contributed by atoms with E-state index < -0.39 is 0 Å². The molecule has 0 atom stereocenters. The Labute approximate surface area is 72.9 Å². The first-order chi connectivity index (χ1) is 4.77. The van der Waals surface area contributed by atoms with Gasteiger partial charge in [-0.05, 0) is 34.6 Å². The van der Waals surface area contributed by atoms with Crippen molar-refractivity contribution in [2.45, 2.75) is 45.8 Å². The third-order valence-corrected chi connectivity index (χ3v) is 1.24. The Hall–Kier alpha value is -0.263. The fraction of sp³-hybridized carbons (Fsp3) is 0.778. The topological polar surface area (TPSA) is 9.23 Å². The summed E-state index contributed by atoms with van der Waals surface area (Å²) in [7, 11) is 0.920. The van der Waals surface area contributed by atoms with Gasteiger partial charge in [-0.1, -0.05) is 5.92 Å². The summed E-state index contributed by atoms with van der Waals surface area (Å²) in [5.74, 6) is 3.07. The molecule has 0 aromatic rings. The third-order valence-electron chi connectivity index (χ3n) is 0.987. The van der Waals surface area contributed by atoms with Gasteiger partial charge in [0.05, 0.1) is 15.8 Å². The molecule has 0 bridgehead atoms. The molecule has 0 unspecified atom stereocenters. The summed E-state index contributed by atoms with van der Waals surface area (Å²) < 4.78 is 5.71. The van der Waals surface area contributed by atoms with Gasteiger partial charge < -0.3 is 4.74 Å². The van der Waals surface area contributed by atoms with E-state index in [0.29, 0.717) is 0 Å². The van der Waals surface area contributed by atoms with Crippen molar-refractivity contribution in [1.29, 1.82) is 0 Å². The minimum atomic E-state index is -0.292. The molecule has 0 aromatic heterocycles. The van der Waals surface area contributed by atoms with Gasteiger partial charge in [0, 0.05) is 0 Å². The highest BCUT2D eigenvalue weighted by Gasteiger charge is 2.22. The molecule has 1 nitrogen and oxygen atoms in total. The van der Waals surface area contributed by atoms with Crippen LogP contribution in [0.5, 0.6) is 0 Å². The molecule has 0 amide bonds. The highest BCUT2D eigenvalue weighted by Crippen LogP contribution is 2.18. The average Bonchev–Trinajstić information content (AvgIpc) is 1.55. The first-order valence-corrected chi connectivity index (χ1v) is 4.91. The molecule has 11 heavy (non-hydrogen) atoms. The van der Waals surface area contributed by atoms with Crippen LogP contribution in [-0.4, -0.2) is 21.4 Å². The van der Waals surface area contributed by atoms with Gasteiger partial charge in [0.25, 0.3) is 0 Å². The Morgan fingerprint density at radius 2 is 1.55 bits per heavy atom. The smallest absolute Gasteiger partial charge is 0.123 e. The van der Waals surface area contributed by atoms with Crippen LogP contribution in [0, 0.1) is 11.5 Å². The van der Waals surface area contributed by atoms with Crippen LogP contribution in [0.1, 0.15) is 34.6 Å². The number of hydrogen-bond donors (Lipinski definition) is 0. The van der Waals surface area contributed by atoms with Crippen LogP contribution < -0.4 is 0 Å². The lowest BCUT2D eigenvalue weighted by atomic mass is 10.1. The number of hydrogen-bond acceptors (Lipinski definition) is 1. The van der Waals surface area contributed by atoms with Crippen LogP contribution in [-0.2, 0) is 4.74 Å². The van der Waals surface area contributed by atoms with E-state index in [4.69, 9.17) is 4.74 Å². The standard InChI is InChI=1S/C9H18OSi/c1-8(2,3)10-9(4,5)6-7-11/h1-5,11H3. The van der Waals surface area contributed by atoms with Crippen molar-refractivity contribution < 1.29 is 4.74 Å². The molecule has 0 aromatic carbocycles. The first kappa shape index (κ1) is 10.7. The van der Waals surface area contributed by atoms with Crippen molar-refractivity contribution in [3.05, 3.63) is 0 Å². The fourth-order valence-corrected chi connectivity index (χ4v) is 1.69. The average molecular weight is 170 g/mol. The second kappa shape index (κ2) is 3.42.